The van der Waals surface area contributed by atoms with E-state index in [0.29, 0.717) is 30.5 Å². The Balaban J connectivity index is 1.84. The van der Waals surface area contributed by atoms with Crippen molar-refractivity contribution in [3.63, 3.8) is 0 Å². The molecular formula is C15H16N4O3S. The normalized spacial score (nSPS) is 13.7. The first-order valence-electron chi connectivity index (χ1n) is 7.37. The fourth-order valence-electron chi connectivity index (χ4n) is 2.51. The van der Waals surface area contributed by atoms with Crippen LogP contribution in [0, 0.1) is 0 Å². The number of benzene rings is 1. The summed E-state index contributed by atoms with van der Waals surface area (Å²) in [7, 11) is 1.62. The van der Waals surface area contributed by atoms with E-state index < -0.39 is 0 Å². The van der Waals surface area contributed by atoms with E-state index in [-0.39, 0.29) is 5.92 Å². The first kappa shape index (κ1) is 14.3. The zero-order valence-electron chi connectivity index (χ0n) is 13.1. The van der Waals surface area contributed by atoms with Gasteiger partial charge in [-0.2, -0.15) is 9.61 Å². The van der Waals surface area contributed by atoms with Gasteiger partial charge in [0.2, 0.25) is 10.7 Å². The maximum absolute atomic E-state index is 5.68. The predicted molar refractivity (Wildman–Crippen MR) is 85.7 cm³/mol. The van der Waals surface area contributed by atoms with E-state index in [1.165, 1.54) is 11.3 Å². The maximum Gasteiger partial charge on any atom is 0.234 e. The quantitative estimate of drug-likeness (QED) is 0.734. The van der Waals surface area contributed by atoms with Gasteiger partial charge < -0.3 is 14.2 Å². The van der Waals surface area contributed by atoms with Crippen LogP contribution in [-0.4, -0.2) is 40.1 Å². The lowest BCUT2D eigenvalue weighted by atomic mass is 10.2. The summed E-state index contributed by atoms with van der Waals surface area (Å²) in [6.45, 7) is 5.20. The fraction of sp³-hybridized carbons (Fsp3) is 0.400. The Kier molecular flexibility index (Phi) is 3.33. The van der Waals surface area contributed by atoms with Crippen LogP contribution in [0.4, 0.5) is 0 Å². The predicted octanol–water partition coefficient (Wildman–Crippen LogP) is 2.76. The van der Waals surface area contributed by atoms with E-state index in [0.717, 1.165) is 21.4 Å². The van der Waals surface area contributed by atoms with Gasteiger partial charge in [-0.1, -0.05) is 25.2 Å². The lowest BCUT2D eigenvalue weighted by molar-refractivity contribution is 0.165. The molecule has 1 aromatic carbocycles. The molecule has 1 aliphatic heterocycles. The van der Waals surface area contributed by atoms with Gasteiger partial charge in [-0.3, -0.25) is 0 Å². The van der Waals surface area contributed by atoms with Crippen molar-refractivity contribution in [2.45, 2.75) is 19.8 Å². The molecular weight excluding hydrogens is 316 g/mol. The highest BCUT2D eigenvalue weighted by Gasteiger charge is 2.21. The molecule has 2 aromatic heterocycles. The molecule has 0 unspecified atom stereocenters. The van der Waals surface area contributed by atoms with Gasteiger partial charge in [-0.25, -0.2) is 0 Å². The molecule has 0 aliphatic carbocycles. The van der Waals surface area contributed by atoms with Crippen LogP contribution < -0.4 is 14.2 Å². The number of hydrogen-bond acceptors (Lipinski definition) is 7. The molecule has 0 bridgehead atoms. The number of fused-ring (bicyclic) bond motifs is 2. The SMILES string of the molecule is COc1cc(-c2nn3c(C(C)C)nnc3s2)cc2c1OCCO2. The molecule has 0 saturated heterocycles. The lowest BCUT2D eigenvalue weighted by Crippen LogP contribution is -2.16. The van der Waals surface area contributed by atoms with E-state index in [1.54, 1.807) is 11.6 Å². The minimum absolute atomic E-state index is 0.259. The average molecular weight is 332 g/mol. The van der Waals surface area contributed by atoms with Crippen molar-refractivity contribution in [1.82, 2.24) is 19.8 Å². The maximum atomic E-state index is 5.68. The third kappa shape index (κ3) is 2.29. The Bertz CT molecular complexity index is 854. The van der Waals surface area contributed by atoms with Crippen LogP contribution in [0.2, 0.25) is 0 Å². The van der Waals surface area contributed by atoms with Crippen LogP contribution in [0.15, 0.2) is 12.1 Å². The zero-order valence-corrected chi connectivity index (χ0v) is 13.9. The second-order valence-corrected chi connectivity index (χ2v) is 6.47. The lowest BCUT2D eigenvalue weighted by Gasteiger charge is -2.21. The summed E-state index contributed by atoms with van der Waals surface area (Å²) in [6, 6.07) is 3.84. The van der Waals surface area contributed by atoms with Crippen molar-refractivity contribution in [2.24, 2.45) is 0 Å². The standard InChI is InChI=1S/C15H16N4O3S/c1-8(2)13-16-17-15-19(13)18-14(23-15)9-6-10(20-3)12-11(7-9)21-4-5-22-12/h6-8H,4-5H2,1-3H3. The molecule has 23 heavy (non-hydrogen) atoms. The number of nitrogens with zero attached hydrogens (tertiary/aromatic N) is 4. The van der Waals surface area contributed by atoms with Crippen LogP contribution >= 0.6 is 11.3 Å². The van der Waals surface area contributed by atoms with Gasteiger partial charge in [-0.15, -0.1) is 10.2 Å². The molecule has 0 radical (unpaired) electrons. The van der Waals surface area contributed by atoms with Crippen LogP contribution in [0.25, 0.3) is 15.5 Å². The van der Waals surface area contributed by atoms with Gasteiger partial charge in [0.1, 0.15) is 18.2 Å². The monoisotopic (exact) mass is 332 g/mol. The summed E-state index contributed by atoms with van der Waals surface area (Å²) in [4.78, 5) is 0.776. The van der Waals surface area contributed by atoms with Crippen molar-refractivity contribution in [1.29, 1.82) is 0 Å². The molecule has 0 amide bonds. The average Bonchev–Trinajstić information content (AvgIpc) is 3.13. The summed E-state index contributed by atoms with van der Waals surface area (Å²) in [5.74, 6) is 3.09. The molecule has 0 spiro atoms. The molecule has 8 heteroatoms. The number of hydrogen-bond donors (Lipinski definition) is 0. The Morgan fingerprint density at radius 2 is 2.04 bits per heavy atom. The first-order valence-corrected chi connectivity index (χ1v) is 8.19. The summed E-state index contributed by atoms with van der Waals surface area (Å²) in [5, 5.41) is 13.9. The number of rotatable bonds is 3. The number of aromatic nitrogens is 4. The molecule has 0 saturated carbocycles. The molecule has 1 aliphatic rings. The zero-order chi connectivity index (χ0) is 16.0. The van der Waals surface area contributed by atoms with Crippen molar-refractivity contribution in [3.8, 4) is 27.8 Å². The molecule has 0 fully saturated rings. The first-order chi connectivity index (χ1) is 11.2. The Hall–Kier alpha value is -2.35. The van der Waals surface area contributed by atoms with Gasteiger partial charge in [-0.05, 0) is 12.1 Å². The number of methoxy groups -OCH3 is 1. The van der Waals surface area contributed by atoms with E-state index in [9.17, 15) is 0 Å². The third-order valence-electron chi connectivity index (χ3n) is 3.61. The molecule has 3 aromatic rings. The van der Waals surface area contributed by atoms with Crippen LogP contribution in [0.1, 0.15) is 25.6 Å². The van der Waals surface area contributed by atoms with Gasteiger partial charge in [0, 0.05) is 11.5 Å². The van der Waals surface area contributed by atoms with E-state index in [1.807, 2.05) is 12.1 Å². The van der Waals surface area contributed by atoms with E-state index in [2.05, 4.69) is 29.1 Å². The summed E-state index contributed by atoms with van der Waals surface area (Å²) < 4.78 is 18.5. The Morgan fingerprint density at radius 3 is 2.83 bits per heavy atom. The van der Waals surface area contributed by atoms with Crippen LogP contribution in [0.3, 0.4) is 0 Å². The van der Waals surface area contributed by atoms with Gasteiger partial charge in [0.05, 0.1) is 7.11 Å². The van der Waals surface area contributed by atoms with Crippen molar-refractivity contribution in [2.75, 3.05) is 20.3 Å². The minimum Gasteiger partial charge on any atom is -0.493 e. The summed E-state index contributed by atoms with van der Waals surface area (Å²) in [5.41, 5.74) is 0.913. The van der Waals surface area contributed by atoms with Crippen molar-refractivity contribution in [3.05, 3.63) is 18.0 Å². The number of ether oxygens (including phenoxy) is 3. The highest BCUT2D eigenvalue weighted by Crippen LogP contribution is 2.43. The Labute approximate surface area is 136 Å². The van der Waals surface area contributed by atoms with Gasteiger partial charge in [0.25, 0.3) is 0 Å². The molecule has 3 heterocycles. The summed E-state index contributed by atoms with van der Waals surface area (Å²) in [6.07, 6.45) is 0. The van der Waals surface area contributed by atoms with Gasteiger partial charge >= 0.3 is 0 Å². The van der Waals surface area contributed by atoms with E-state index >= 15 is 0 Å². The second kappa shape index (κ2) is 5.38. The smallest absolute Gasteiger partial charge is 0.234 e. The van der Waals surface area contributed by atoms with Crippen LogP contribution in [-0.2, 0) is 0 Å². The fourth-order valence-corrected chi connectivity index (χ4v) is 3.34. The summed E-state index contributed by atoms with van der Waals surface area (Å²) >= 11 is 1.48. The van der Waals surface area contributed by atoms with Crippen molar-refractivity contribution >= 4 is 16.3 Å². The minimum atomic E-state index is 0.259. The molecule has 0 N–H and O–H groups in total. The molecule has 4 rings (SSSR count). The van der Waals surface area contributed by atoms with Crippen molar-refractivity contribution < 1.29 is 14.2 Å². The topological polar surface area (TPSA) is 70.8 Å². The molecule has 7 nitrogen and oxygen atoms in total. The van der Waals surface area contributed by atoms with E-state index in [4.69, 9.17) is 14.2 Å². The van der Waals surface area contributed by atoms with Crippen LogP contribution in [0.5, 0.6) is 17.2 Å². The highest BCUT2D eigenvalue weighted by molar-refractivity contribution is 7.19. The molecule has 0 atom stereocenters. The second-order valence-electron chi connectivity index (χ2n) is 5.52. The third-order valence-corrected chi connectivity index (χ3v) is 4.55. The molecule has 120 valence electrons. The Morgan fingerprint density at radius 1 is 1.22 bits per heavy atom. The van der Waals surface area contributed by atoms with Gasteiger partial charge in [0.15, 0.2) is 17.3 Å². The largest absolute Gasteiger partial charge is 0.493 e. The highest BCUT2D eigenvalue weighted by atomic mass is 32.1.